The van der Waals surface area contributed by atoms with Gasteiger partial charge in [-0.05, 0) is 24.6 Å². The van der Waals surface area contributed by atoms with Crippen molar-refractivity contribution in [1.29, 1.82) is 5.26 Å². The van der Waals surface area contributed by atoms with Crippen molar-refractivity contribution in [1.82, 2.24) is 5.32 Å². The first-order chi connectivity index (χ1) is 8.62. The number of carbonyl (C=O) groups excluding carboxylic acids is 1. The molecule has 4 nitrogen and oxygen atoms in total. The van der Waals surface area contributed by atoms with Gasteiger partial charge < -0.3 is 10.1 Å². The van der Waals surface area contributed by atoms with Crippen LogP contribution >= 0.6 is 11.6 Å². The smallest absolute Gasteiger partial charge is 0.256 e. The van der Waals surface area contributed by atoms with Crippen molar-refractivity contribution >= 4 is 17.5 Å². The normalized spacial score (nSPS) is 11.4. The maximum absolute atomic E-state index is 12.0. The first-order valence-corrected chi connectivity index (χ1v) is 6.04. The molecule has 1 aromatic carbocycles. The number of amides is 1. The van der Waals surface area contributed by atoms with Crippen molar-refractivity contribution in [2.24, 2.45) is 0 Å². The van der Waals surface area contributed by atoms with E-state index in [4.69, 9.17) is 21.6 Å². The van der Waals surface area contributed by atoms with Crippen LogP contribution < -0.4 is 10.1 Å². The molecule has 1 unspecified atom stereocenters. The van der Waals surface area contributed by atoms with Crippen LogP contribution in [0.3, 0.4) is 0 Å². The Morgan fingerprint density at radius 1 is 1.61 bits per heavy atom. The maximum Gasteiger partial charge on any atom is 0.256 e. The number of nitrogens with zero attached hydrogens (tertiary/aromatic N) is 1. The van der Waals surface area contributed by atoms with Crippen LogP contribution in [0.25, 0.3) is 0 Å². The molecule has 1 rings (SSSR count). The van der Waals surface area contributed by atoms with Crippen LogP contribution in [0.5, 0.6) is 5.75 Å². The molecular formula is C13H15ClN2O2. The summed E-state index contributed by atoms with van der Waals surface area (Å²) in [6.07, 6.45) is 1.44. The molecule has 0 aliphatic carbocycles. The summed E-state index contributed by atoms with van der Waals surface area (Å²) in [5.74, 6) is 0.0828. The Bertz CT molecular complexity index is 469. The molecule has 1 aromatic rings. The summed E-state index contributed by atoms with van der Waals surface area (Å²) >= 11 is 5.85. The van der Waals surface area contributed by atoms with E-state index in [2.05, 4.69) is 5.32 Å². The van der Waals surface area contributed by atoms with Gasteiger partial charge in [-0.25, -0.2) is 0 Å². The predicted octanol–water partition coefficient (Wildman–Crippen LogP) is 2.77. The van der Waals surface area contributed by atoms with Crippen LogP contribution in [0.1, 0.15) is 30.1 Å². The molecule has 0 bridgehead atoms. The molecule has 0 radical (unpaired) electrons. The number of rotatable bonds is 5. The van der Waals surface area contributed by atoms with E-state index in [1.807, 2.05) is 13.0 Å². The average molecular weight is 267 g/mol. The van der Waals surface area contributed by atoms with Gasteiger partial charge in [0.2, 0.25) is 0 Å². The molecule has 0 saturated heterocycles. The van der Waals surface area contributed by atoms with Crippen molar-refractivity contribution in [2.75, 3.05) is 7.11 Å². The van der Waals surface area contributed by atoms with Gasteiger partial charge >= 0.3 is 0 Å². The zero-order chi connectivity index (χ0) is 13.5. The molecule has 0 aliphatic rings. The summed E-state index contributed by atoms with van der Waals surface area (Å²) in [5, 5.41) is 12.0. The van der Waals surface area contributed by atoms with Gasteiger partial charge in [0.15, 0.2) is 0 Å². The lowest BCUT2D eigenvalue weighted by Gasteiger charge is -2.12. The number of halogens is 1. The number of benzene rings is 1. The highest BCUT2D eigenvalue weighted by Crippen LogP contribution is 2.22. The summed E-state index contributed by atoms with van der Waals surface area (Å²) in [5.41, 5.74) is 0.335. The van der Waals surface area contributed by atoms with E-state index in [0.29, 0.717) is 22.8 Å². The molecule has 1 atom stereocenters. The largest absolute Gasteiger partial charge is 0.496 e. The summed E-state index contributed by atoms with van der Waals surface area (Å²) < 4.78 is 5.09. The van der Waals surface area contributed by atoms with Gasteiger partial charge in [0.05, 0.1) is 18.7 Å². The molecule has 0 heterocycles. The van der Waals surface area contributed by atoms with E-state index < -0.39 is 6.04 Å². The van der Waals surface area contributed by atoms with Crippen molar-refractivity contribution in [2.45, 2.75) is 25.8 Å². The molecule has 0 aliphatic heterocycles. The van der Waals surface area contributed by atoms with Crippen LogP contribution in [0.2, 0.25) is 5.02 Å². The summed E-state index contributed by atoms with van der Waals surface area (Å²) in [6.45, 7) is 1.95. The fourth-order valence-corrected chi connectivity index (χ4v) is 1.72. The van der Waals surface area contributed by atoms with Crippen molar-refractivity contribution < 1.29 is 9.53 Å². The Kier molecular flexibility index (Phi) is 5.47. The summed E-state index contributed by atoms with van der Waals surface area (Å²) in [7, 11) is 1.48. The van der Waals surface area contributed by atoms with Gasteiger partial charge in [-0.2, -0.15) is 5.26 Å². The van der Waals surface area contributed by atoms with Gasteiger partial charge in [-0.15, -0.1) is 0 Å². The van der Waals surface area contributed by atoms with E-state index >= 15 is 0 Å². The maximum atomic E-state index is 12.0. The van der Waals surface area contributed by atoms with Gasteiger partial charge in [0.25, 0.3) is 5.91 Å². The highest BCUT2D eigenvalue weighted by Gasteiger charge is 2.16. The van der Waals surface area contributed by atoms with Crippen molar-refractivity contribution in [3.8, 4) is 11.8 Å². The Morgan fingerprint density at radius 3 is 2.89 bits per heavy atom. The number of nitrogens with one attached hydrogen (secondary N) is 1. The second kappa shape index (κ2) is 6.87. The van der Waals surface area contributed by atoms with Crippen LogP contribution in [-0.4, -0.2) is 19.1 Å². The summed E-state index contributed by atoms with van der Waals surface area (Å²) in [4.78, 5) is 12.0. The SMILES string of the molecule is CCCC(C#N)NC(=O)c1cc(Cl)ccc1OC. The minimum atomic E-state index is -0.494. The molecule has 0 aromatic heterocycles. The number of methoxy groups -OCH3 is 1. The monoisotopic (exact) mass is 266 g/mol. The standard InChI is InChI=1S/C13H15ClN2O2/c1-3-4-10(8-15)16-13(17)11-7-9(14)5-6-12(11)18-2/h5-7,10H,3-4H2,1-2H3,(H,16,17). The molecule has 1 amide bonds. The lowest BCUT2D eigenvalue weighted by Crippen LogP contribution is -2.33. The Hall–Kier alpha value is -1.73. The van der Waals surface area contributed by atoms with E-state index in [-0.39, 0.29) is 5.91 Å². The Labute approximate surface area is 112 Å². The molecule has 0 saturated carbocycles. The second-order valence-electron chi connectivity index (χ2n) is 3.79. The lowest BCUT2D eigenvalue weighted by atomic mass is 10.1. The highest BCUT2D eigenvalue weighted by atomic mass is 35.5. The quantitative estimate of drug-likeness (QED) is 0.891. The fraction of sp³-hybridized carbons (Fsp3) is 0.385. The Morgan fingerprint density at radius 2 is 2.33 bits per heavy atom. The van der Waals surface area contributed by atoms with E-state index in [1.54, 1.807) is 12.1 Å². The summed E-state index contributed by atoms with van der Waals surface area (Å²) in [6, 6.07) is 6.35. The van der Waals surface area contributed by atoms with Crippen molar-refractivity contribution in [3.05, 3.63) is 28.8 Å². The number of hydrogen-bond acceptors (Lipinski definition) is 3. The zero-order valence-electron chi connectivity index (χ0n) is 10.4. The minimum Gasteiger partial charge on any atom is -0.496 e. The minimum absolute atomic E-state index is 0.335. The first-order valence-electron chi connectivity index (χ1n) is 5.66. The molecular weight excluding hydrogens is 252 g/mol. The van der Waals surface area contributed by atoms with Gasteiger partial charge in [-0.3, -0.25) is 4.79 Å². The van der Waals surface area contributed by atoms with Crippen molar-refractivity contribution in [3.63, 3.8) is 0 Å². The van der Waals surface area contributed by atoms with E-state index in [1.165, 1.54) is 13.2 Å². The second-order valence-corrected chi connectivity index (χ2v) is 4.22. The number of carbonyl (C=O) groups is 1. The third kappa shape index (κ3) is 3.64. The number of nitriles is 1. The van der Waals surface area contributed by atoms with E-state index in [9.17, 15) is 4.79 Å². The van der Waals surface area contributed by atoms with Gasteiger partial charge in [-0.1, -0.05) is 24.9 Å². The van der Waals surface area contributed by atoms with Crippen LogP contribution in [0, 0.1) is 11.3 Å². The predicted molar refractivity (Wildman–Crippen MR) is 69.8 cm³/mol. The van der Waals surface area contributed by atoms with Crippen LogP contribution in [0.4, 0.5) is 0 Å². The topological polar surface area (TPSA) is 62.1 Å². The zero-order valence-corrected chi connectivity index (χ0v) is 11.1. The number of ether oxygens (including phenoxy) is 1. The van der Waals surface area contributed by atoms with E-state index in [0.717, 1.165) is 6.42 Å². The van der Waals surface area contributed by atoms with Crippen LogP contribution in [-0.2, 0) is 0 Å². The first kappa shape index (κ1) is 14.3. The average Bonchev–Trinajstić information content (AvgIpc) is 2.38. The van der Waals surface area contributed by atoms with Gasteiger partial charge in [0.1, 0.15) is 11.8 Å². The highest BCUT2D eigenvalue weighted by molar-refractivity contribution is 6.31. The molecule has 0 spiro atoms. The molecule has 0 fully saturated rings. The van der Waals surface area contributed by atoms with Gasteiger partial charge in [0, 0.05) is 5.02 Å². The Balaban J connectivity index is 2.90. The molecule has 18 heavy (non-hydrogen) atoms. The third-order valence-electron chi connectivity index (χ3n) is 2.44. The third-order valence-corrected chi connectivity index (χ3v) is 2.68. The lowest BCUT2D eigenvalue weighted by molar-refractivity contribution is 0.0941. The molecule has 1 N–H and O–H groups in total. The molecule has 96 valence electrons. The number of hydrogen-bond donors (Lipinski definition) is 1. The molecule has 5 heteroatoms. The van der Waals surface area contributed by atoms with Crippen LogP contribution in [0.15, 0.2) is 18.2 Å². The fourth-order valence-electron chi connectivity index (χ4n) is 1.55.